The Hall–Kier alpha value is -0.980. The van der Waals surface area contributed by atoms with Gasteiger partial charge >= 0.3 is 0 Å². The van der Waals surface area contributed by atoms with Crippen molar-refractivity contribution in [1.29, 1.82) is 0 Å². The van der Waals surface area contributed by atoms with E-state index in [1.54, 1.807) is 6.92 Å². The molecule has 6 heteroatoms. The monoisotopic (exact) mass is 266 g/mol. The summed E-state index contributed by atoms with van der Waals surface area (Å²) in [4.78, 5) is 6.88. The smallest absolute Gasteiger partial charge is 0.246 e. The molecule has 2 aliphatic heterocycles. The molecule has 0 aromatic carbocycles. The highest BCUT2D eigenvalue weighted by molar-refractivity contribution is 5.06. The Bertz CT molecular complexity index is 434. The third-order valence-electron chi connectivity index (χ3n) is 4.73. The first-order valence-electron chi connectivity index (χ1n) is 7.05. The van der Waals surface area contributed by atoms with Gasteiger partial charge in [-0.2, -0.15) is 4.98 Å². The molecule has 1 aromatic rings. The van der Waals surface area contributed by atoms with Gasteiger partial charge in [0.05, 0.1) is 6.10 Å². The van der Waals surface area contributed by atoms with Crippen molar-refractivity contribution in [3.05, 3.63) is 11.7 Å². The van der Waals surface area contributed by atoms with Crippen LogP contribution >= 0.6 is 0 Å². The minimum Gasteiger partial charge on any atom is -0.391 e. The fourth-order valence-corrected chi connectivity index (χ4v) is 3.38. The maximum atomic E-state index is 9.46. The van der Waals surface area contributed by atoms with E-state index >= 15 is 0 Å². The van der Waals surface area contributed by atoms with E-state index in [9.17, 15) is 5.11 Å². The van der Waals surface area contributed by atoms with Gasteiger partial charge < -0.3 is 20.3 Å². The van der Waals surface area contributed by atoms with Crippen molar-refractivity contribution in [2.24, 2.45) is 5.73 Å². The fourth-order valence-electron chi connectivity index (χ4n) is 3.38. The molecule has 0 saturated carbocycles. The number of hydrogen-bond donors (Lipinski definition) is 2. The lowest BCUT2D eigenvalue weighted by Gasteiger charge is -2.34. The molecule has 0 spiro atoms. The Morgan fingerprint density at radius 2 is 2.00 bits per heavy atom. The number of aliphatic hydroxyl groups is 1. The Balaban J connectivity index is 1.74. The van der Waals surface area contributed by atoms with Gasteiger partial charge in [-0.25, -0.2) is 0 Å². The first kappa shape index (κ1) is 13.0. The molecule has 3 N–H and O–H groups in total. The molecule has 3 heterocycles. The summed E-state index contributed by atoms with van der Waals surface area (Å²) in [5.74, 6) is 1.47. The highest BCUT2D eigenvalue weighted by atomic mass is 16.5. The van der Waals surface area contributed by atoms with Crippen molar-refractivity contribution in [1.82, 2.24) is 15.0 Å². The Kier molecular flexibility index (Phi) is 3.32. The average Bonchev–Trinajstić information content (AvgIpc) is 2.92. The molecular weight excluding hydrogens is 244 g/mol. The second-order valence-corrected chi connectivity index (χ2v) is 5.98. The van der Waals surface area contributed by atoms with Gasteiger partial charge in [-0.1, -0.05) is 5.16 Å². The van der Waals surface area contributed by atoms with Gasteiger partial charge in [-0.05, 0) is 39.7 Å². The molecule has 0 amide bonds. The largest absolute Gasteiger partial charge is 0.391 e. The Morgan fingerprint density at radius 1 is 1.37 bits per heavy atom. The van der Waals surface area contributed by atoms with Crippen LogP contribution in [0.5, 0.6) is 0 Å². The summed E-state index contributed by atoms with van der Waals surface area (Å²) < 4.78 is 5.20. The summed E-state index contributed by atoms with van der Waals surface area (Å²) in [6, 6.07) is 0.705. The van der Waals surface area contributed by atoms with Crippen molar-refractivity contribution < 1.29 is 9.63 Å². The quantitative estimate of drug-likeness (QED) is 0.841. The van der Waals surface area contributed by atoms with Crippen LogP contribution < -0.4 is 5.73 Å². The number of rotatable bonds is 3. The molecule has 2 fully saturated rings. The zero-order chi connectivity index (χ0) is 13.6. The van der Waals surface area contributed by atoms with Crippen LogP contribution in [0.3, 0.4) is 0 Å². The Morgan fingerprint density at radius 3 is 2.58 bits per heavy atom. The topological polar surface area (TPSA) is 88.4 Å². The normalized spacial score (nSPS) is 34.4. The second kappa shape index (κ2) is 4.85. The highest BCUT2D eigenvalue weighted by Crippen LogP contribution is 2.41. The van der Waals surface area contributed by atoms with Crippen LogP contribution in [0.1, 0.15) is 56.3 Å². The summed E-state index contributed by atoms with van der Waals surface area (Å²) in [5.41, 5.74) is 5.82. The molecule has 6 nitrogen and oxygen atoms in total. The maximum Gasteiger partial charge on any atom is 0.246 e. The number of nitrogens with zero attached hydrogens (tertiary/aromatic N) is 3. The van der Waals surface area contributed by atoms with Crippen LogP contribution in [0.4, 0.5) is 0 Å². The molecule has 1 aromatic heterocycles. The van der Waals surface area contributed by atoms with Gasteiger partial charge in [-0.15, -0.1) is 0 Å². The van der Waals surface area contributed by atoms with Gasteiger partial charge in [0.2, 0.25) is 5.89 Å². The molecule has 0 aliphatic carbocycles. The molecule has 4 unspecified atom stereocenters. The van der Waals surface area contributed by atoms with Crippen molar-refractivity contribution in [3.8, 4) is 0 Å². The van der Waals surface area contributed by atoms with Crippen molar-refractivity contribution in [2.45, 2.75) is 62.8 Å². The van der Waals surface area contributed by atoms with Crippen LogP contribution in [0.15, 0.2) is 4.52 Å². The van der Waals surface area contributed by atoms with E-state index in [4.69, 9.17) is 10.3 Å². The third kappa shape index (κ3) is 2.28. The van der Waals surface area contributed by atoms with Crippen LogP contribution in [0, 0.1) is 0 Å². The summed E-state index contributed by atoms with van der Waals surface area (Å²) in [7, 11) is 2.21. The number of aromatic nitrogens is 2. The molecule has 3 rings (SSSR count). The van der Waals surface area contributed by atoms with Crippen molar-refractivity contribution in [2.75, 3.05) is 7.05 Å². The van der Waals surface area contributed by atoms with Crippen LogP contribution in [-0.4, -0.2) is 45.4 Å². The van der Waals surface area contributed by atoms with Crippen LogP contribution in [0.2, 0.25) is 0 Å². The van der Waals surface area contributed by atoms with Gasteiger partial charge in [0.15, 0.2) is 5.82 Å². The van der Waals surface area contributed by atoms with E-state index in [2.05, 4.69) is 22.1 Å². The minimum absolute atomic E-state index is 0.344. The first-order valence-corrected chi connectivity index (χ1v) is 7.05. The van der Waals surface area contributed by atoms with Crippen molar-refractivity contribution >= 4 is 0 Å². The minimum atomic E-state index is -0.679. The molecule has 2 saturated heterocycles. The number of nitrogens with two attached hydrogens (primary N) is 1. The standard InChI is InChI=1S/C13H22N4O2/c1-7(18)11(14)13-15-12(16-19-13)8-5-9-3-4-10(6-8)17(9)2/h7-11,18H,3-6,14H2,1-2H3. The molecule has 19 heavy (non-hydrogen) atoms. The summed E-state index contributed by atoms with van der Waals surface area (Å²) in [6.45, 7) is 1.63. The zero-order valence-corrected chi connectivity index (χ0v) is 11.5. The van der Waals surface area contributed by atoms with Gasteiger partial charge in [0.1, 0.15) is 6.04 Å². The van der Waals surface area contributed by atoms with Crippen LogP contribution in [-0.2, 0) is 0 Å². The zero-order valence-electron chi connectivity index (χ0n) is 11.5. The van der Waals surface area contributed by atoms with Crippen LogP contribution in [0.25, 0.3) is 0 Å². The summed E-state index contributed by atoms with van der Waals surface area (Å²) in [5, 5.41) is 13.5. The van der Waals surface area contributed by atoms with E-state index in [0.29, 0.717) is 23.9 Å². The van der Waals surface area contributed by atoms with E-state index in [1.165, 1.54) is 12.8 Å². The molecule has 4 atom stereocenters. The lowest BCUT2D eigenvalue weighted by molar-refractivity contribution is 0.145. The van der Waals surface area contributed by atoms with E-state index < -0.39 is 12.1 Å². The highest BCUT2D eigenvalue weighted by Gasteiger charge is 2.40. The summed E-state index contributed by atoms with van der Waals surface area (Å²) >= 11 is 0. The molecule has 2 aliphatic rings. The van der Waals surface area contributed by atoms with Gasteiger partial charge in [0, 0.05) is 18.0 Å². The maximum absolute atomic E-state index is 9.46. The number of aliphatic hydroxyl groups excluding tert-OH is 1. The number of piperidine rings is 1. The fraction of sp³-hybridized carbons (Fsp3) is 0.846. The third-order valence-corrected chi connectivity index (χ3v) is 4.73. The predicted molar refractivity (Wildman–Crippen MR) is 69.5 cm³/mol. The molecule has 2 bridgehead atoms. The SMILES string of the molecule is CC(O)C(N)c1nc(C2CC3CCC(C2)N3C)no1. The van der Waals surface area contributed by atoms with Gasteiger partial charge in [0.25, 0.3) is 0 Å². The molecule has 106 valence electrons. The van der Waals surface area contributed by atoms with E-state index in [0.717, 1.165) is 18.7 Å². The first-order chi connectivity index (χ1) is 9.06. The van der Waals surface area contributed by atoms with Crippen molar-refractivity contribution in [3.63, 3.8) is 0 Å². The predicted octanol–water partition coefficient (Wildman–Crippen LogP) is 0.790. The second-order valence-electron chi connectivity index (χ2n) is 5.98. The lowest BCUT2D eigenvalue weighted by Crippen LogP contribution is -2.39. The number of hydrogen-bond acceptors (Lipinski definition) is 6. The Labute approximate surface area is 113 Å². The van der Waals surface area contributed by atoms with E-state index in [-0.39, 0.29) is 0 Å². The number of fused-ring (bicyclic) bond motifs is 2. The van der Waals surface area contributed by atoms with Gasteiger partial charge in [-0.3, -0.25) is 0 Å². The lowest BCUT2D eigenvalue weighted by atomic mass is 9.90. The average molecular weight is 266 g/mol. The molecule has 0 radical (unpaired) electrons. The summed E-state index contributed by atoms with van der Waals surface area (Å²) in [6.07, 6.45) is 4.05. The van der Waals surface area contributed by atoms with E-state index in [1.807, 2.05) is 0 Å². The molecular formula is C13H22N4O2.